The molecule has 0 bridgehead atoms. The van der Waals surface area contributed by atoms with E-state index in [1.807, 2.05) is 0 Å². The number of carbonyl (C=O) groups is 1. The van der Waals surface area contributed by atoms with E-state index in [0.717, 1.165) is 8.95 Å². The van der Waals surface area contributed by atoms with Crippen LogP contribution < -0.4 is 5.32 Å². The average molecular weight is 424 g/mol. The molecule has 6 heteroatoms. The van der Waals surface area contributed by atoms with Gasteiger partial charge in [0.25, 0.3) is 5.91 Å². The third-order valence-corrected chi connectivity index (χ3v) is 4.41. The van der Waals surface area contributed by atoms with E-state index in [4.69, 9.17) is 23.2 Å². The molecule has 1 N–H and O–H groups in total. The van der Waals surface area contributed by atoms with Gasteiger partial charge in [0, 0.05) is 14.5 Å². The summed E-state index contributed by atoms with van der Waals surface area (Å²) in [6.07, 6.45) is 0. The lowest BCUT2D eigenvalue weighted by Crippen LogP contribution is -2.12. The fourth-order valence-corrected chi connectivity index (χ4v) is 2.38. The summed E-state index contributed by atoms with van der Waals surface area (Å²) in [7, 11) is 0. The highest BCUT2D eigenvalue weighted by Crippen LogP contribution is 2.27. The third-order valence-electron chi connectivity index (χ3n) is 2.36. The molecule has 2 rings (SSSR count). The van der Waals surface area contributed by atoms with Gasteiger partial charge < -0.3 is 5.32 Å². The molecule has 0 radical (unpaired) electrons. The van der Waals surface area contributed by atoms with Crippen molar-refractivity contribution in [2.75, 3.05) is 5.32 Å². The number of hydrogen-bond acceptors (Lipinski definition) is 1. The van der Waals surface area contributed by atoms with E-state index >= 15 is 0 Å². The van der Waals surface area contributed by atoms with Gasteiger partial charge in [0.05, 0.1) is 15.7 Å². The summed E-state index contributed by atoms with van der Waals surface area (Å²) < 4.78 is 1.58. The van der Waals surface area contributed by atoms with Gasteiger partial charge in [-0.15, -0.1) is 0 Å². The number of amides is 1. The zero-order valence-corrected chi connectivity index (χ0v) is 14.1. The quantitative estimate of drug-likeness (QED) is 0.652. The summed E-state index contributed by atoms with van der Waals surface area (Å²) in [6.45, 7) is 0. The minimum absolute atomic E-state index is 0.269. The van der Waals surface area contributed by atoms with Gasteiger partial charge in [-0.25, -0.2) is 0 Å². The Labute approximate surface area is 137 Å². The van der Waals surface area contributed by atoms with Gasteiger partial charge in [0.2, 0.25) is 0 Å². The Morgan fingerprint density at radius 1 is 1.00 bits per heavy atom. The molecule has 0 heterocycles. The molecule has 0 atom stereocenters. The molecule has 0 aliphatic carbocycles. The normalized spacial score (nSPS) is 10.3. The Bertz CT molecular complexity index is 647. The molecule has 0 aromatic heterocycles. The summed E-state index contributed by atoms with van der Waals surface area (Å²) in [4.78, 5) is 12.1. The molecule has 1 amide bonds. The van der Waals surface area contributed by atoms with Gasteiger partial charge in [-0.2, -0.15) is 0 Å². The molecule has 2 aromatic carbocycles. The second-order valence-corrected chi connectivity index (χ2v) is 6.29. The molecular weight excluding hydrogens is 417 g/mol. The standard InChI is InChI=1S/C13H7Br2Cl2NO/c14-8-2-4-10(16)12(6-8)18-13(19)7-1-3-9(15)11(17)5-7/h1-6H,(H,18,19). The molecule has 2 aromatic rings. The maximum absolute atomic E-state index is 12.1. The highest BCUT2D eigenvalue weighted by atomic mass is 79.9. The number of halogens is 4. The van der Waals surface area contributed by atoms with Crippen molar-refractivity contribution < 1.29 is 4.79 Å². The molecule has 19 heavy (non-hydrogen) atoms. The summed E-state index contributed by atoms with van der Waals surface area (Å²) in [5, 5.41) is 3.69. The fraction of sp³-hybridized carbons (Fsp3) is 0. The molecule has 0 saturated carbocycles. The predicted octanol–water partition coefficient (Wildman–Crippen LogP) is 5.77. The molecule has 98 valence electrons. The summed E-state index contributed by atoms with van der Waals surface area (Å²) in [5.74, 6) is -0.269. The molecule has 0 spiro atoms. The van der Waals surface area contributed by atoms with Crippen molar-refractivity contribution in [3.8, 4) is 0 Å². The van der Waals surface area contributed by atoms with Gasteiger partial charge in [0.1, 0.15) is 0 Å². The van der Waals surface area contributed by atoms with Crippen LogP contribution in [0.3, 0.4) is 0 Å². The molecular formula is C13H7Br2Cl2NO. The summed E-state index contributed by atoms with van der Waals surface area (Å²) >= 11 is 18.6. The smallest absolute Gasteiger partial charge is 0.255 e. The highest BCUT2D eigenvalue weighted by Gasteiger charge is 2.10. The Morgan fingerprint density at radius 3 is 2.42 bits per heavy atom. The molecule has 0 aliphatic rings. The maximum Gasteiger partial charge on any atom is 0.255 e. The maximum atomic E-state index is 12.1. The summed E-state index contributed by atoms with van der Waals surface area (Å²) in [5.41, 5.74) is 1.00. The lowest BCUT2D eigenvalue weighted by atomic mass is 10.2. The average Bonchev–Trinajstić information content (AvgIpc) is 2.37. The van der Waals surface area contributed by atoms with Gasteiger partial charge in [-0.05, 0) is 52.3 Å². The molecule has 0 unspecified atom stereocenters. The van der Waals surface area contributed by atoms with Crippen molar-refractivity contribution in [1.29, 1.82) is 0 Å². The highest BCUT2D eigenvalue weighted by molar-refractivity contribution is 9.10. The van der Waals surface area contributed by atoms with Crippen molar-refractivity contribution >= 4 is 66.7 Å². The topological polar surface area (TPSA) is 29.1 Å². The van der Waals surface area contributed by atoms with Crippen LogP contribution in [-0.4, -0.2) is 5.91 Å². The number of benzene rings is 2. The van der Waals surface area contributed by atoms with Crippen LogP contribution >= 0.6 is 55.1 Å². The number of hydrogen-bond donors (Lipinski definition) is 1. The Morgan fingerprint density at radius 2 is 1.74 bits per heavy atom. The van der Waals surface area contributed by atoms with E-state index in [0.29, 0.717) is 21.3 Å². The lowest BCUT2D eigenvalue weighted by Gasteiger charge is -2.08. The van der Waals surface area contributed by atoms with Gasteiger partial charge in [-0.1, -0.05) is 39.1 Å². The van der Waals surface area contributed by atoms with Crippen molar-refractivity contribution in [3.05, 3.63) is 61.0 Å². The molecule has 0 aliphatic heterocycles. The zero-order chi connectivity index (χ0) is 14.0. The first-order valence-electron chi connectivity index (χ1n) is 5.19. The molecule has 0 fully saturated rings. The van der Waals surface area contributed by atoms with Gasteiger partial charge >= 0.3 is 0 Å². The van der Waals surface area contributed by atoms with Crippen LogP contribution in [0.2, 0.25) is 10.0 Å². The van der Waals surface area contributed by atoms with E-state index in [1.165, 1.54) is 0 Å². The first-order chi connectivity index (χ1) is 8.97. The number of carbonyl (C=O) groups excluding carboxylic acids is 1. The van der Waals surface area contributed by atoms with Crippen LogP contribution in [0.25, 0.3) is 0 Å². The second kappa shape index (κ2) is 6.27. The Balaban J connectivity index is 2.25. The first-order valence-corrected chi connectivity index (χ1v) is 7.53. The van der Waals surface area contributed by atoms with Crippen molar-refractivity contribution in [3.63, 3.8) is 0 Å². The predicted molar refractivity (Wildman–Crippen MR) is 86.3 cm³/mol. The van der Waals surface area contributed by atoms with Gasteiger partial charge in [-0.3, -0.25) is 4.79 Å². The van der Waals surface area contributed by atoms with E-state index < -0.39 is 0 Å². The van der Waals surface area contributed by atoms with Gasteiger partial charge in [0.15, 0.2) is 0 Å². The second-order valence-electron chi connectivity index (χ2n) is 3.71. The minimum atomic E-state index is -0.269. The molecule has 0 saturated heterocycles. The monoisotopic (exact) mass is 421 g/mol. The first kappa shape index (κ1) is 14.9. The third kappa shape index (κ3) is 3.72. The van der Waals surface area contributed by atoms with Crippen LogP contribution in [0, 0.1) is 0 Å². The van der Waals surface area contributed by atoms with Crippen LogP contribution in [0.15, 0.2) is 45.3 Å². The Hall–Kier alpha value is -0.550. The van der Waals surface area contributed by atoms with Crippen LogP contribution in [0.4, 0.5) is 5.69 Å². The SMILES string of the molecule is O=C(Nc1cc(Br)ccc1Cl)c1ccc(Br)c(Cl)c1. The number of anilines is 1. The van der Waals surface area contributed by atoms with Crippen molar-refractivity contribution in [2.45, 2.75) is 0 Å². The minimum Gasteiger partial charge on any atom is -0.321 e. The fourth-order valence-electron chi connectivity index (χ4n) is 1.43. The van der Waals surface area contributed by atoms with E-state index in [9.17, 15) is 4.79 Å². The van der Waals surface area contributed by atoms with Crippen LogP contribution in [0.1, 0.15) is 10.4 Å². The van der Waals surface area contributed by atoms with Crippen molar-refractivity contribution in [2.24, 2.45) is 0 Å². The van der Waals surface area contributed by atoms with Crippen LogP contribution in [0.5, 0.6) is 0 Å². The number of nitrogens with one attached hydrogen (secondary N) is 1. The molecule has 2 nitrogen and oxygen atoms in total. The Kier molecular flexibility index (Phi) is 4.90. The van der Waals surface area contributed by atoms with Crippen molar-refractivity contribution in [1.82, 2.24) is 0 Å². The lowest BCUT2D eigenvalue weighted by molar-refractivity contribution is 0.102. The van der Waals surface area contributed by atoms with E-state index in [-0.39, 0.29) is 5.91 Å². The van der Waals surface area contributed by atoms with Crippen LogP contribution in [-0.2, 0) is 0 Å². The van der Waals surface area contributed by atoms with E-state index in [2.05, 4.69) is 37.2 Å². The number of rotatable bonds is 2. The zero-order valence-electron chi connectivity index (χ0n) is 9.38. The largest absolute Gasteiger partial charge is 0.321 e. The summed E-state index contributed by atoms with van der Waals surface area (Å²) in [6, 6.07) is 10.2. The van der Waals surface area contributed by atoms with E-state index in [1.54, 1.807) is 36.4 Å².